The molecule has 3 heteroatoms. The van der Waals surface area contributed by atoms with Gasteiger partial charge in [-0.15, -0.1) is 0 Å². The molecule has 0 saturated heterocycles. The molecule has 1 aromatic heterocycles. The van der Waals surface area contributed by atoms with Crippen LogP contribution in [0.5, 0.6) is 0 Å². The Bertz CT molecular complexity index is 725. The third-order valence-corrected chi connectivity index (χ3v) is 6.07. The van der Waals surface area contributed by atoms with E-state index in [4.69, 9.17) is 0 Å². The summed E-state index contributed by atoms with van der Waals surface area (Å²) in [5.74, 6) is 0. The van der Waals surface area contributed by atoms with Gasteiger partial charge in [0, 0.05) is 16.3 Å². The van der Waals surface area contributed by atoms with Gasteiger partial charge in [0.15, 0.2) is 0 Å². The molecule has 0 bridgehead atoms. The highest BCUT2D eigenvalue weighted by molar-refractivity contribution is 8.00. The molecule has 1 saturated carbocycles. The molecule has 0 atom stereocenters. The fourth-order valence-electron chi connectivity index (χ4n) is 3.68. The van der Waals surface area contributed by atoms with Crippen molar-refractivity contribution in [2.45, 2.75) is 48.8 Å². The van der Waals surface area contributed by atoms with Gasteiger partial charge in [-0.3, -0.25) is 9.36 Å². The number of hydrogen-bond donors (Lipinski definition) is 0. The van der Waals surface area contributed by atoms with Crippen LogP contribution in [0.25, 0.3) is 10.9 Å². The van der Waals surface area contributed by atoms with Gasteiger partial charge in [-0.25, -0.2) is 0 Å². The topological polar surface area (TPSA) is 22.0 Å². The lowest BCUT2D eigenvalue weighted by Gasteiger charge is -2.34. The first-order valence-electron chi connectivity index (χ1n) is 7.06. The molecule has 98 valence electrons. The quantitative estimate of drug-likeness (QED) is 0.721. The fourth-order valence-corrected chi connectivity index (χ4v) is 5.30. The predicted molar refractivity (Wildman–Crippen MR) is 79.9 cm³/mol. The van der Waals surface area contributed by atoms with Gasteiger partial charge >= 0.3 is 0 Å². The maximum Gasteiger partial charge on any atom is 0.252 e. The highest BCUT2D eigenvalue weighted by atomic mass is 32.2. The van der Waals surface area contributed by atoms with Gasteiger partial charge in [0.25, 0.3) is 5.56 Å². The number of fused-ring (bicyclic) bond motifs is 1. The molecule has 1 aromatic carbocycles. The Labute approximate surface area is 116 Å². The maximum absolute atomic E-state index is 12.5. The second-order valence-electron chi connectivity index (χ2n) is 5.76. The Hall–Kier alpha value is -1.22. The van der Waals surface area contributed by atoms with E-state index < -0.39 is 0 Å². The second kappa shape index (κ2) is 3.89. The molecule has 19 heavy (non-hydrogen) atoms. The number of para-hydroxylation sites is 1. The van der Waals surface area contributed by atoms with Crippen LogP contribution in [0.3, 0.4) is 0 Å². The van der Waals surface area contributed by atoms with E-state index >= 15 is 0 Å². The third kappa shape index (κ3) is 1.48. The van der Waals surface area contributed by atoms with E-state index in [9.17, 15) is 4.79 Å². The van der Waals surface area contributed by atoms with Crippen LogP contribution < -0.4 is 5.56 Å². The SMILES string of the molecule is Cc1cc(=O)n2c3c(cccc13)SC21CCCCC1. The van der Waals surface area contributed by atoms with Crippen molar-refractivity contribution in [2.24, 2.45) is 0 Å². The van der Waals surface area contributed by atoms with E-state index in [2.05, 4.69) is 22.8 Å². The highest BCUT2D eigenvalue weighted by Gasteiger charge is 2.41. The predicted octanol–water partition coefficient (Wildman–Crippen LogP) is 4.03. The van der Waals surface area contributed by atoms with E-state index in [1.165, 1.54) is 35.1 Å². The summed E-state index contributed by atoms with van der Waals surface area (Å²) in [6, 6.07) is 8.25. The Morgan fingerprint density at radius 1 is 1.21 bits per heavy atom. The summed E-state index contributed by atoms with van der Waals surface area (Å²) in [4.78, 5) is 13.8. The van der Waals surface area contributed by atoms with E-state index in [0.717, 1.165) is 18.4 Å². The summed E-state index contributed by atoms with van der Waals surface area (Å²) in [5, 5.41) is 1.24. The number of benzene rings is 1. The van der Waals surface area contributed by atoms with Crippen molar-refractivity contribution in [3.05, 3.63) is 40.2 Å². The number of aryl methyl sites for hydroxylation is 1. The molecule has 0 unspecified atom stereocenters. The summed E-state index contributed by atoms with van der Waals surface area (Å²) in [5.41, 5.74) is 2.47. The van der Waals surface area contributed by atoms with Crippen molar-refractivity contribution < 1.29 is 0 Å². The minimum atomic E-state index is 0.00493. The first-order valence-corrected chi connectivity index (χ1v) is 7.88. The molecular weight excluding hydrogens is 254 g/mol. The van der Waals surface area contributed by atoms with Crippen molar-refractivity contribution in [3.8, 4) is 0 Å². The van der Waals surface area contributed by atoms with Crippen LogP contribution in [0, 0.1) is 6.92 Å². The lowest BCUT2D eigenvalue weighted by Crippen LogP contribution is -2.37. The summed E-state index contributed by atoms with van der Waals surface area (Å²) in [7, 11) is 0. The van der Waals surface area contributed by atoms with Gasteiger partial charge < -0.3 is 0 Å². The van der Waals surface area contributed by atoms with Gasteiger partial charge in [0.2, 0.25) is 0 Å². The van der Waals surface area contributed by atoms with E-state index in [1.807, 2.05) is 24.8 Å². The average molecular weight is 271 g/mol. The first-order chi connectivity index (χ1) is 9.21. The Morgan fingerprint density at radius 3 is 2.79 bits per heavy atom. The molecule has 2 heterocycles. The van der Waals surface area contributed by atoms with Gasteiger partial charge in [-0.1, -0.05) is 43.2 Å². The molecule has 0 N–H and O–H groups in total. The van der Waals surface area contributed by atoms with Crippen LogP contribution in [0.1, 0.15) is 37.7 Å². The zero-order valence-corrected chi connectivity index (χ0v) is 11.9. The zero-order chi connectivity index (χ0) is 13.0. The molecule has 0 amide bonds. The Morgan fingerprint density at radius 2 is 2.00 bits per heavy atom. The molecule has 1 aliphatic heterocycles. The van der Waals surface area contributed by atoms with Crippen LogP contribution in [-0.4, -0.2) is 4.57 Å². The van der Waals surface area contributed by atoms with Crippen LogP contribution in [0.2, 0.25) is 0 Å². The van der Waals surface area contributed by atoms with Gasteiger partial charge in [-0.05, 0) is 31.4 Å². The summed E-state index contributed by atoms with van der Waals surface area (Å²) >= 11 is 1.92. The number of pyridine rings is 1. The monoisotopic (exact) mass is 271 g/mol. The van der Waals surface area contributed by atoms with E-state index in [0.29, 0.717) is 0 Å². The van der Waals surface area contributed by atoms with Crippen LogP contribution in [0.15, 0.2) is 34.0 Å². The van der Waals surface area contributed by atoms with Crippen molar-refractivity contribution in [2.75, 3.05) is 0 Å². The Balaban J connectivity index is 2.10. The standard InChI is InChI=1S/C16H17NOS/c1-11-10-14(18)17-15-12(11)6-5-7-13(15)19-16(17)8-3-2-4-9-16/h5-7,10H,2-4,8-9H2,1H3. The van der Waals surface area contributed by atoms with Crippen molar-refractivity contribution in [1.29, 1.82) is 0 Å². The number of hydrogen-bond acceptors (Lipinski definition) is 2. The largest absolute Gasteiger partial charge is 0.292 e. The minimum absolute atomic E-state index is 0.00493. The molecule has 1 aliphatic carbocycles. The van der Waals surface area contributed by atoms with E-state index in [-0.39, 0.29) is 10.4 Å². The van der Waals surface area contributed by atoms with Crippen molar-refractivity contribution >= 4 is 22.7 Å². The molecular formula is C16H17NOS. The van der Waals surface area contributed by atoms with Gasteiger partial charge in [-0.2, -0.15) is 0 Å². The number of thioether (sulfide) groups is 1. The molecule has 1 fully saturated rings. The normalized spacial score (nSPS) is 20.3. The van der Waals surface area contributed by atoms with Crippen molar-refractivity contribution in [3.63, 3.8) is 0 Å². The summed E-state index contributed by atoms with van der Waals surface area (Å²) < 4.78 is 2.11. The molecule has 2 aliphatic rings. The van der Waals surface area contributed by atoms with Gasteiger partial charge in [0.05, 0.1) is 10.4 Å². The molecule has 2 nitrogen and oxygen atoms in total. The lowest BCUT2D eigenvalue weighted by molar-refractivity contribution is 0.316. The smallest absolute Gasteiger partial charge is 0.252 e. The van der Waals surface area contributed by atoms with Gasteiger partial charge in [0.1, 0.15) is 0 Å². The summed E-state index contributed by atoms with van der Waals surface area (Å²) in [6.45, 7) is 2.04. The second-order valence-corrected chi connectivity index (χ2v) is 7.17. The average Bonchev–Trinajstić information content (AvgIpc) is 2.71. The Kier molecular flexibility index (Phi) is 2.37. The zero-order valence-electron chi connectivity index (χ0n) is 11.1. The third-order valence-electron chi connectivity index (χ3n) is 4.55. The molecule has 4 rings (SSSR count). The fraction of sp³-hybridized carbons (Fsp3) is 0.438. The molecule has 2 aromatic rings. The highest BCUT2D eigenvalue weighted by Crippen LogP contribution is 2.54. The lowest BCUT2D eigenvalue weighted by atomic mass is 9.94. The van der Waals surface area contributed by atoms with Crippen LogP contribution in [-0.2, 0) is 4.87 Å². The molecule has 0 radical (unpaired) electrons. The minimum Gasteiger partial charge on any atom is -0.292 e. The van der Waals surface area contributed by atoms with Crippen molar-refractivity contribution in [1.82, 2.24) is 4.57 Å². The number of aromatic nitrogens is 1. The number of rotatable bonds is 0. The maximum atomic E-state index is 12.5. The first kappa shape index (κ1) is 11.6. The van der Waals surface area contributed by atoms with E-state index in [1.54, 1.807) is 0 Å². The summed E-state index contributed by atoms with van der Waals surface area (Å²) in [6.07, 6.45) is 6.04. The van der Waals surface area contributed by atoms with Crippen LogP contribution in [0.4, 0.5) is 0 Å². The number of nitrogens with zero attached hydrogens (tertiary/aromatic N) is 1. The van der Waals surface area contributed by atoms with Crippen LogP contribution >= 0.6 is 11.8 Å². The molecule has 1 spiro atoms.